The average Bonchev–Trinajstić information content (AvgIpc) is 2.92. The van der Waals surface area contributed by atoms with Crippen molar-refractivity contribution < 1.29 is 14.2 Å². The van der Waals surface area contributed by atoms with E-state index in [0.717, 1.165) is 38.9 Å². The summed E-state index contributed by atoms with van der Waals surface area (Å²) < 4.78 is 19.4. The molecule has 0 radical (unpaired) electrons. The number of fused-ring (bicyclic) bond motifs is 1. The van der Waals surface area contributed by atoms with Crippen molar-refractivity contribution in [1.82, 2.24) is 9.66 Å². The minimum atomic E-state index is -0.257. The number of methoxy groups -OCH3 is 2. The van der Waals surface area contributed by atoms with Crippen LogP contribution in [0.1, 0.15) is 56.7 Å². The van der Waals surface area contributed by atoms with Crippen LogP contribution in [-0.2, 0) is 0 Å². The summed E-state index contributed by atoms with van der Waals surface area (Å²) >= 11 is 3.63. The summed E-state index contributed by atoms with van der Waals surface area (Å²) in [6.07, 6.45) is 2.54. The molecule has 0 unspecified atom stereocenters. The lowest BCUT2D eigenvalue weighted by Gasteiger charge is -2.18. The summed E-state index contributed by atoms with van der Waals surface area (Å²) in [5, 5.41) is 5.15. The number of ether oxygens (including phenoxy) is 3. The van der Waals surface area contributed by atoms with E-state index in [4.69, 9.17) is 19.2 Å². The van der Waals surface area contributed by atoms with E-state index < -0.39 is 0 Å². The molecule has 0 aliphatic rings. The molecule has 3 aromatic carbocycles. The van der Waals surface area contributed by atoms with Gasteiger partial charge < -0.3 is 14.2 Å². The van der Waals surface area contributed by atoms with Crippen molar-refractivity contribution in [3.05, 3.63) is 80.0 Å². The Morgan fingerprint density at radius 2 is 1.74 bits per heavy atom. The molecule has 0 spiro atoms. The first-order valence-corrected chi connectivity index (χ1v) is 13.8. The van der Waals surface area contributed by atoms with Crippen LogP contribution in [0.15, 0.2) is 62.9 Å². The van der Waals surface area contributed by atoms with Gasteiger partial charge in [-0.3, -0.25) is 4.79 Å². The third-order valence-electron chi connectivity index (χ3n) is 6.69. The molecule has 0 amide bonds. The molecular formula is C31H34BrN3O4. The topological polar surface area (TPSA) is 74.9 Å². The molecule has 0 aliphatic carbocycles. The van der Waals surface area contributed by atoms with Gasteiger partial charge in [-0.15, -0.1) is 0 Å². The number of para-hydroxylation sites is 1. The number of hydrogen-bond acceptors (Lipinski definition) is 6. The van der Waals surface area contributed by atoms with Gasteiger partial charge in [0, 0.05) is 15.6 Å². The first-order valence-electron chi connectivity index (χ1n) is 13.0. The first-order chi connectivity index (χ1) is 18.7. The number of hydrogen-bond donors (Lipinski definition) is 0. The molecule has 1 heterocycles. The Labute approximate surface area is 237 Å². The Hall–Kier alpha value is -3.65. The summed E-state index contributed by atoms with van der Waals surface area (Å²) in [4.78, 5) is 18.6. The third-order valence-corrected chi connectivity index (χ3v) is 7.38. The standard InChI is InChI=1S/C31H34BrN3O4/c1-8-20(5)39-29-16-25(32)21(14-28(29)38-7)17-33-35-30(34-26-12-10-9-11-22(26)31(35)36)24-15-23(18(2)3)27(37-6)13-19(24)4/h9-18,20H,8H2,1-7H3/t20-/m1/s1. The number of rotatable bonds is 9. The van der Waals surface area contributed by atoms with Gasteiger partial charge in [-0.1, -0.05) is 32.9 Å². The summed E-state index contributed by atoms with van der Waals surface area (Å²) in [6, 6.07) is 15.0. The predicted octanol–water partition coefficient (Wildman–Crippen LogP) is 7.33. The molecule has 1 atom stereocenters. The second kappa shape index (κ2) is 12.0. The van der Waals surface area contributed by atoms with Gasteiger partial charge in [0.05, 0.1) is 37.4 Å². The fourth-order valence-corrected chi connectivity index (χ4v) is 4.72. The maximum absolute atomic E-state index is 13.7. The van der Waals surface area contributed by atoms with Crippen LogP contribution in [0.3, 0.4) is 0 Å². The minimum Gasteiger partial charge on any atom is -0.496 e. The van der Waals surface area contributed by atoms with E-state index in [1.165, 1.54) is 4.68 Å². The average molecular weight is 593 g/mol. The quantitative estimate of drug-likeness (QED) is 0.190. The van der Waals surface area contributed by atoms with Gasteiger partial charge in [-0.05, 0) is 89.6 Å². The van der Waals surface area contributed by atoms with Crippen LogP contribution in [0, 0.1) is 6.92 Å². The van der Waals surface area contributed by atoms with Gasteiger partial charge in [-0.2, -0.15) is 9.78 Å². The summed E-state index contributed by atoms with van der Waals surface area (Å²) in [5.41, 5.74) is 3.85. The highest BCUT2D eigenvalue weighted by Gasteiger charge is 2.19. The molecule has 7 nitrogen and oxygen atoms in total. The molecule has 39 heavy (non-hydrogen) atoms. The van der Waals surface area contributed by atoms with Gasteiger partial charge in [0.1, 0.15) is 5.75 Å². The van der Waals surface area contributed by atoms with Crippen molar-refractivity contribution in [2.75, 3.05) is 14.2 Å². The van der Waals surface area contributed by atoms with Crippen LogP contribution in [0.4, 0.5) is 0 Å². The molecule has 0 fully saturated rings. The van der Waals surface area contributed by atoms with E-state index in [1.807, 2.05) is 56.3 Å². The summed E-state index contributed by atoms with van der Waals surface area (Å²) in [6.45, 7) is 10.3. The van der Waals surface area contributed by atoms with Crippen molar-refractivity contribution in [1.29, 1.82) is 0 Å². The molecule has 0 saturated carbocycles. The summed E-state index contributed by atoms with van der Waals surface area (Å²) in [7, 11) is 3.27. The summed E-state index contributed by atoms with van der Waals surface area (Å²) in [5.74, 6) is 2.69. The lowest BCUT2D eigenvalue weighted by molar-refractivity contribution is 0.207. The molecule has 1 aromatic heterocycles. The van der Waals surface area contributed by atoms with Crippen molar-refractivity contribution in [2.24, 2.45) is 5.10 Å². The number of aryl methyl sites for hydroxylation is 1. The highest BCUT2D eigenvalue weighted by molar-refractivity contribution is 9.10. The molecule has 0 N–H and O–H groups in total. The highest BCUT2D eigenvalue weighted by atomic mass is 79.9. The van der Waals surface area contributed by atoms with Gasteiger partial charge >= 0.3 is 0 Å². The molecule has 204 valence electrons. The smallest absolute Gasteiger partial charge is 0.282 e. The minimum absolute atomic E-state index is 0.0404. The molecular weight excluding hydrogens is 558 g/mol. The fraction of sp³-hybridized carbons (Fsp3) is 0.323. The van der Waals surface area contributed by atoms with Crippen LogP contribution >= 0.6 is 15.9 Å². The zero-order chi connectivity index (χ0) is 28.3. The Bertz CT molecular complexity index is 1590. The van der Waals surface area contributed by atoms with E-state index >= 15 is 0 Å². The second-order valence-electron chi connectivity index (χ2n) is 9.74. The van der Waals surface area contributed by atoms with E-state index in [0.29, 0.717) is 28.2 Å². The molecule has 4 aromatic rings. The fourth-order valence-electron chi connectivity index (χ4n) is 4.29. The number of nitrogens with zero attached hydrogens (tertiary/aromatic N) is 3. The second-order valence-corrected chi connectivity index (χ2v) is 10.6. The van der Waals surface area contributed by atoms with Gasteiger partial charge in [0.2, 0.25) is 0 Å². The SMILES string of the molecule is CC[C@@H](C)Oc1cc(Br)c(C=Nn2c(-c3cc(C(C)C)c(OC)cc3C)nc3ccccc3c2=O)cc1OC. The molecule has 0 bridgehead atoms. The first kappa shape index (κ1) is 28.4. The molecule has 0 saturated heterocycles. The lowest BCUT2D eigenvalue weighted by Crippen LogP contribution is -2.21. The zero-order valence-electron chi connectivity index (χ0n) is 23.4. The Morgan fingerprint density at radius 1 is 1.03 bits per heavy atom. The van der Waals surface area contributed by atoms with Crippen LogP contribution in [0.2, 0.25) is 0 Å². The van der Waals surface area contributed by atoms with Crippen molar-refractivity contribution in [2.45, 2.75) is 53.1 Å². The van der Waals surface area contributed by atoms with E-state index in [9.17, 15) is 4.79 Å². The maximum atomic E-state index is 13.7. The number of halogens is 1. The molecule has 4 rings (SSSR count). The van der Waals surface area contributed by atoms with Crippen LogP contribution in [-0.4, -0.2) is 36.2 Å². The monoisotopic (exact) mass is 591 g/mol. The number of aromatic nitrogens is 2. The van der Waals surface area contributed by atoms with E-state index in [2.05, 4.69) is 41.8 Å². The van der Waals surface area contributed by atoms with Crippen molar-refractivity contribution >= 4 is 33.0 Å². The number of benzene rings is 3. The Kier molecular flexibility index (Phi) is 8.75. The lowest BCUT2D eigenvalue weighted by atomic mass is 9.96. The molecule has 0 aliphatic heterocycles. The van der Waals surface area contributed by atoms with Crippen LogP contribution in [0.25, 0.3) is 22.3 Å². The maximum Gasteiger partial charge on any atom is 0.282 e. The van der Waals surface area contributed by atoms with Crippen LogP contribution in [0.5, 0.6) is 17.2 Å². The highest BCUT2D eigenvalue weighted by Crippen LogP contribution is 2.35. The van der Waals surface area contributed by atoms with E-state index in [1.54, 1.807) is 26.5 Å². The van der Waals surface area contributed by atoms with Crippen molar-refractivity contribution in [3.8, 4) is 28.6 Å². The van der Waals surface area contributed by atoms with Gasteiger partial charge in [0.25, 0.3) is 5.56 Å². The Morgan fingerprint density at radius 3 is 2.41 bits per heavy atom. The predicted molar refractivity (Wildman–Crippen MR) is 161 cm³/mol. The van der Waals surface area contributed by atoms with Crippen LogP contribution < -0.4 is 19.8 Å². The van der Waals surface area contributed by atoms with Gasteiger partial charge in [0.15, 0.2) is 17.3 Å². The van der Waals surface area contributed by atoms with Crippen molar-refractivity contribution in [3.63, 3.8) is 0 Å². The third kappa shape index (κ3) is 5.86. The normalized spacial score (nSPS) is 12.3. The molecule has 8 heteroatoms. The van der Waals surface area contributed by atoms with E-state index in [-0.39, 0.29) is 17.6 Å². The Balaban J connectivity index is 1.92. The largest absolute Gasteiger partial charge is 0.496 e. The van der Waals surface area contributed by atoms with Gasteiger partial charge in [-0.25, -0.2) is 4.98 Å². The zero-order valence-corrected chi connectivity index (χ0v) is 25.0.